The number of benzene rings is 2. The van der Waals surface area contributed by atoms with Crippen molar-refractivity contribution in [1.29, 1.82) is 0 Å². The zero-order valence-electron chi connectivity index (χ0n) is 18.7. The molecule has 0 bridgehead atoms. The number of Topliss-reactive ketones (excluding diaryl/α,β-unsaturated/α-hetero) is 1. The van der Waals surface area contributed by atoms with Crippen molar-refractivity contribution in [2.75, 3.05) is 11.7 Å². The maximum atomic E-state index is 13.3. The highest BCUT2D eigenvalue weighted by Crippen LogP contribution is 2.45. The standard InChI is InChI=1S/C27H23NO6/c1-15-6-10-21(34-15)24-23(25(29)18-8-7-16-4-2-3-5-17(16)12-18)26(30)27(31)28(24)19-9-11-20-22(13-19)33-14-32-20/h6-13,24,29H,2-5,14H2,1H3/b25-23-. The average molecular weight is 457 g/mol. The summed E-state index contributed by atoms with van der Waals surface area (Å²) in [5, 5.41) is 11.4. The van der Waals surface area contributed by atoms with E-state index in [-0.39, 0.29) is 18.1 Å². The van der Waals surface area contributed by atoms with Gasteiger partial charge >= 0.3 is 0 Å². The van der Waals surface area contributed by atoms with Crippen LogP contribution in [-0.4, -0.2) is 23.6 Å². The monoisotopic (exact) mass is 457 g/mol. The molecule has 1 N–H and O–H groups in total. The first-order chi connectivity index (χ1) is 16.5. The Morgan fingerprint density at radius 1 is 0.941 bits per heavy atom. The number of aliphatic hydroxyl groups is 1. The van der Waals surface area contributed by atoms with Gasteiger partial charge in [-0.2, -0.15) is 0 Å². The van der Waals surface area contributed by atoms with E-state index in [0.29, 0.717) is 34.3 Å². The molecule has 7 heteroatoms. The summed E-state index contributed by atoms with van der Waals surface area (Å²) in [6.45, 7) is 1.89. The van der Waals surface area contributed by atoms with Crippen LogP contribution in [0.5, 0.6) is 11.5 Å². The van der Waals surface area contributed by atoms with Crippen molar-refractivity contribution in [2.45, 2.75) is 38.6 Å². The van der Waals surface area contributed by atoms with Crippen LogP contribution in [-0.2, 0) is 22.4 Å². The summed E-state index contributed by atoms with van der Waals surface area (Å²) in [6.07, 6.45) is 4.19. The van der Waals surface area contributed by atoms with Gasteiger partial charge in [0.15, 0.2) is 11.5 Å². The first-order valence-electron chi connectivity index (χ1n) is 11.4. The molecule has 0 radical (unpaired) electrons. The number of aliphatic hydroxyl groups excluding tert-OH is 1. The molecule has 1 fully saturated rings. The van der Waals surface area contributed by atoms with Crippen LogP contribution in [0.2, 0.25) is 0 Å². The summed E-state index contributed by atoms with van der Waals surface area (Å²) in [6, 6.07) is 13.4. The van der Waals surface area contributed by atoms with Crippen molar-refractivity contribution in [2.24, 2.45) is 0 Å². The summed E-state index contributed by atoms with van der Waals surface area (Å²) in [5.74, 6) is 0.399. The predicted molar refractivity (Wildman–Crippen MR) is 124 cm³/mol. The average Bonchev–Trinajstić information content (AvgIpc) is 3.56. The third-order valence-electron chi connectivity index (χ3n) is 6.73. The Morgan fingerprint density at radius 2 is 1.74 bits per heavy atom. The van der Waals surface area contributed by atoms with Gasteiger partial charge in [-0.1, -0.05) is 12.1 Å². The van der Waals surface area contributed by atoms with Crippen LogP contribution in [0, 0.1) is 6.92 Å². The predicted octanol–water partition coefficient (Wildman–Crippen LogP) is 4.82. The minimum Gasteiger partial charge on any atom is -0.507 e. The Labute approximate surface area is 196 Å². The molecule has 3 heterocycles. The third kappa shape index (κ3) is 3.19. The number of hydrogen-bond donors (Lipinski definition) is 1. The van der Waals surface area contributed by atoms with E-state index in [1.165, 1.54) is 16.0 Å². The summed E-state index contributed by atoms with van der Waals surface area (Å²) < 4.78 is 16.7. The van der Waals surface area contributed by atoms with Gasteiger partial charge in [0.25, 0.3) is 11.7 Å². The van der Waals surface area contributed by atoms with Crippen LogP contribution in [0.15, 0.2) is 58.5 Å². The van der Waals surface area contributed by atoms with Crippen molar-refractivity contribution in [3.8, 4) is 11.5 Å². The van der Waals surface area contributed by atoms with Crippen molar-refractivity contribution >= 4 is 23.1 Å². The normalized spacial score (nSPS) is 20.6. The number of fused-ring (bicyclic) bond motifs is 2. The Morgan fingerprint density at radius 3 is 2.53 bits per heavy atom. The number of ketones is 1. The maximum absolute atomic E-state index is 13.3. The summed E-state index contributed by atoms with van der Waals surface area (Å²) in [7, 11) is 0. The lowest BCUT2D eigenvalue weighted by atomic mass is 9.89. The van der Waals surface area contributed by atoms with Crippen molar-refractivity contribution in [3.63, 3.8) is 0 Å². The molecular weight excluding hydrogens is 434 g/mol. The van der Waals surface area contributed by atoms with Gasteiger partial charge in [-0.15, -0.1) is 0 Å². The first-order valence-corrected chi connectivity index (χ1v) is 11.4. The minimum atomic E-state index is -0.912. The minimum absolute atomic E-state index is 0.00720. The molecule has 7 nitrogen and oxygen atoms in total. The second-order valence-corrected chi connectivity index (χ2v) is 8.85. The van der Waals surface area contributed by atoms with E-state index in [9.17, 15) is 14.7 Å². The quantitative estimate of drug-likeness (QED) is 0.345. The Kier molecular flexibility index (Phi) is 4.72. The van der Waals surface area contributed by atoms with Gasteiger partial charge in [0.05, 0.1) is 5.57 Å². The van der Waals surface area contributed by atoms with E-state index < -0.39 is 17.7 Å². The number of ether oxygens (including phenoxy) is 2. The van der Waals surface area contributed by atoms with Crippen LogP contribution in [0.25, 0.3) is 5.76 Å². The topological polar surface area (TPSA) is 89.2 Å². The van der Waals surface area contributed by atoms with E-state index in [0.717, 1.165) is 25.7 Å². The highest BCUT2D eigenvalue weighted by Gasteiger charge is 2.48. The number of amides is 1. The van der Waals surface area contributed by atoms with E-state index in [1.54, 1.807) is 37.3 Å². The summed E-state index contributed by atoms with van der Waals surface area (Å²) in [4.78, 5) is 28.0. The molecular formula is C27H23NO6. The molecule has 1 unspecified atom stereocenters. The van der Waals surface area contributed by atoms with E-state index in [4.69, 9.17) is 13.9 Å². The lowest BCUT2D eigenvalue weighted by Crippen LogP contribution is -2.29. The lowest BCUT2D eigenvalue weighted by Gasteiger charge is -2.24. The van der Waals surface area contributed by atoms with E-state index in [1.807, 2.05) is 18.2 Å². The van der Waals surface area contributed by atoms with Crippen molar-refractivity contribution < 1.29 is 28.6 Å². The maximum Gasteiger partial charge on any atom is 0.300 e. The molecule has 6 rings (SSSR count). The van der Waals surface area contributed by atoms with Gasteiger partial charge in [-0.25, -0.2) is 0 Å². The highest BCUT2D eigenvalue weighted by atomic mass is 16.7. The van der Waals surface area contributed by atoms with Gasteiger partial charge in [-0.05, 0) is 74.1 Å². The Hall–Kier alpha value is -4.00. The lowest BCUT2D eigenvalue weighted by molar-refractivity contribution is -0.132. The highest BCUT2D eigenvalue weighted by molar-refractivity contribution is 6.51. The number of nitrogens with zero attached hydrogens (tertiary/aromatic N) is 1. The van der Waals surface area contributed by atoms with Gasteiger partial charge in [-0.3, -0.25) is 14.5 Å². The van der Waals surface area contributed by atoms with Crippen LogP contribution in [0.4, 0.5) is 5.69 Å². The molecule has 34 heavy (non-hydrogen) atoms. The first kappa shape index (κ1) is 20.6. The zero-order valence-corrected chi connectivity index (χ0v) is 18.7. The Balaban J connectivity index is 1.51. The Bertz CT molecular complexity index is 1370. The van der Waals surface area contributed by atoms with Crippen LogP contribution in [0.1, 0.15) is 47.1 Å². The van der Waals surface area contributed by atoms with Gasteiger partial charge in [0, 0.05) is 17.3 Å². The van der Waals surface area contributed by atoms with Crippen molar-refractivity contribution in [3.05, 3.63) is 82.3 Å². The number of aryl methyl sites for hydroxylation is 3. The van der Waals surface area contributed by atoms with Crippen molar-refractivity contribution in [1.82, 2.24) is 0 Å². The van der Waals surface area contributed by atoms with Gasteiger partial charge < -0.3 is 19.0 Å². The number of rotatable bonds is 3. The molecule has 3 aliphatic rings. The molecule has 1 aliphatic carbocycles. The fourth-order valence-corrected chi connectivity index (χ4v) is 5.04. The number of carbonyl (C=O) groups is 2. The molecule has 1 saturated heterocycles. The molecule has 0 spiro atoms. The third-order valence-corrected chi connectivity index (χ3v) is 6.73. The van der Waals surface area contributed by atoms with Gasteiger partial charge in [0.2, 0.25) is 6.79 Å². The molecule has 2 aromatic carbocycles. The largest absolute Gasteiger partial charge is 0.507 e. The second-order valence-electron chi connectivity index (χ2n) is 8.85. The summed E-state index contributed by atoms with van der Waals surface area (Å²) in [5.41, 5.74) is 3.42. The molecule has 172 valence electrons. The molecule has 3 aromatic rings. The fourth-order valence-electron chi connectivity index (χ4n) is 5.04. The molecule has 1 atom stereocenters. The molecule has 2 aliphatic heterocycles. The molecule has 1 amide bonds. The SMILES string of the molecule is Cc1ccc(C2/C(=C(/O)c3ccc4c(c3)CCCC4)C(=O)C(=O)N2c2ccc3c(c2)OCO3)o1. The van der Waals surface area contributed by atoms with E-state index >= 15 is 0 Å². The number of anilines is 1. The fraction of sp³-hybridized carbons (Fsp3) is 0.259. The van der Waals surface area contributed by atoms with Crippen LogP contribution < -0.4 is 14.4 Å². The van der Waals surface area contributed by atoms with E-state index in [2.05, 4.69) is 0 Å². The van der Waals surface area contributed by atoms with Gasteiger partial charge in [0.1, 0.15) is 23.3 Å². The number of hydrogen-bond acceptors (Lipinski definition) is 6. The number of furan rings is 1. The second kappa shape index (κ2) is 7.80. The zero-order chi connectivity index (χ0) is 23.4. The smallest absolute Gasteiger partial charge is 0.300 e. The van der Waals surface area contributed by atoms with Crippen LogP contribution >= 0.6 is 0 Å². The molecule has 0 saturated carbocycles. The summed E-state index contributed by atoms with van der Waals surface area (Å²) >= 11 is 0. The molecule has 1 aromatic heterocycles. The number of carbonyl (C=O) groups excluding carboxylic acids is 2. The van der Waals surface area contributed by atoms with Crippen LogP contribution in [0.3, 0.4) is 0 Å².